The van der Waals surface area contributed by atoms with E-state index in [1.807, 2.05) is 0 Å². The highest BCUT2D eigenvalue weighted by atomic mass is 16.6. The molecule has 0 unspecified atom stereocenters. The Balaban J connectivity index is 2.68. The Bertz CT molecular complexity index is 219. The molecule has 0 bridgehead atoms. The van der Waals surface area contributed by atoms with Crippen molar-refractivity contribution in [2.24, 2.45) is 0 Å². The number of anilines is 1. The molecule has 0 aliphatic carbocycles. The third-order valence-electron chi connectivity index (χ3n) is 0.946. The topological polar surface area (TPSA) is 51.5 Å². The Kier molecular flexibility index (Phi) is 2.07. The molecule has 0 fully saturated rings. The fourth-order valence-electron chi connectivity index (χ4n) is 0.572. The molecular weight excluding hydrogens is 134 g/mol. The van der Waals surface area contributed by atoms with E-state index in [4.69, 9.17) is 4.42 Å². The Labute approximate surface area is 57.7 Å². The van der Waals surface area contributed by atoms with Crippen LogP contribution in [0.5, 0.6) is 0 Å². The number of rotatable bonds is 3. The maximum atomic E-state index is 10.1. The lowest BCUT2D eigenvalue weighted by Gasteiger charge is -1.94. The first-order valence-electron chi connectivity index (χ1n) is 2.71. The Morgan fingerprint density at radius 2 is 2.50 bits per heavy atom. The second-order valence-corrected chi connectivity index (χ2v) is 1.63. The maximum Gasteiger partial charge on any atom is 0.217 e. The molecule has 1 aromatic heterocycles. The molecule has 0 spiro atoms. The standard InChI is InChI=1S/C6H7NO3/c1-9-7-6-3-2-5(4-8)10-6/h2-4,7H,1H3. The molecule has 0 radical (unpaired) electrons. The highest BCUT2D eigenvalue weighted by Gasteiger charge is 1.97. The van der Waals surface area contributed by atoms with E-state index in [9.17, 15) is 4.79 Å². The zero-order chi connectivity index (χ0) is 7.40. The van der Waals surface area contributed by atoms with Gasteiger partial charge in [-0.2, -0.15) is 0 Å². The number of carbonyl (C=O) groups excluding carboxylic acids is 1. The maximum absolute atomic E-state index is 10.1. The van der Waals surface area contributed by atoms with Crippen LogP contribution in [0.3, 0.4) is 0 Å². The average Bonchev–Trinajstić information content (AvgIpc) is 2.37. The third-order valence-corrected chi connectivity index (χ3v) is 0.946. The molecule has 0 saturated heterocycles. The second kappa shape index (κ2) is 3.03. The summed E-state index contributed by atoms with van der Waals surface area (Å²) in [6, 6.07) is 3.15. The van der Waals surface area contributed by atoms with Crippen molar-refractivity contribution in [1.29, 1.82) is 0 Å². The lowest BCUT2D eigenvalue weighted by Crippen LogP contribution is -1.92. The Morgan fingerprint density at radius 3 is 3.00 bits per heavy atom. The number of nitrogens with one attached hydrogen (secondary N) is 1. The van der Waals surface area contributed by atoms with Crippen LogP contribution >= 0.6 is 0 Å². The lowest BCUT2D eigenvalue weighted by atomic mass is 10.5. The summed E-state index contributed by atoms with van der Waals surface area (Å²) in [6.45, 7) is 0. The summed E-state index contributed by atoms with van der Waals surface area (Å²) in [6.07, 6.45) is 0.626. The van der Waals surface area contributed by atoms with Gasteiger partial charge in [-0.15, -0.1) is 0 Å². The van der Waals surface area contributed by atoms with E-state index < -0.39 is 0 Å². The SMILES string of the molecule is CONc1ccc(C=O)o1. The molecule has 4 nitrogen and oxygen atoms in total. The first-order valence-corrected chi connectivity index (χ1v) is 2.71. The van der Waals surface area contributed by atoms with Crippen LogP contribution in [0.15, 0.2) is 16.5 Å². The van der Waals surface area contributed by atoms with Gasteiger partial charge >= 0.3 is 0 Å². The van der Waals surface area contributed by atoms with E-state index in [0.717, 1.165) is 0 Å². The smallest absolute Gasteiger partial charge is 0.217 e. The minimum atomic E-state index is 0.277. The van der Waals surface area contributed by atoms with Crippen LogP contribution in [-0.4, -0.2) is 13.4 Å². The van der Waals surface area contributed by atoms with Crippen LogP contribution < -0.4 is 5.48 Å². The molecule has 0 amide bonds. The monoisotopic (exact) mass is 141 g/mol. The Hall–Kier alpha value is -1.29. The molecule has 0 aliphatic rings. The fraction of sp³-hybridized carbons (Fsp3) is 0.167. The van der Waals surface area contributed by atoms with Crippen LogP contribution in [-0.2, 0) is 4.84 Å². The largest absolute Gasteiger partial charge is 0.436 e. The van der Waals surface area contributed by atoms with Gasteiger partial charge in [0.1, 0.15) is 0 Å². The molecule has 1 rings (SSSR count). The molecule has 0 atom stereocenters. The van der Waals surface area contributed by atoms with E-state index in [0.29, 0.717) is 12.2 Å². The minimum absolute atomic E-state index is 0.277. The van der Waals surface area contributed by atoms with Gasteiger partial charge in [0.2, 0.25) is 5.88 Å². The minimum Gasteiger partial charge on any atom is -0.436 e. The average molecular weight is 141 g/mol. The summed E-state index contributed by atoms with van der Waals surface area (Å²) in [4.78, 5) is 14.6. The van der Waals surface area contributed by atoms with Gasteiger partial charge in [-0.25, -0.2) is 5.48 Å². The van der Waals surface area contributed by atoms with Gasteiger partial charge in [-0.1, -0.05) is 0 Å². The normalized spacial score (nSPS) is 9.30. The molecule has 1 aromatic rings. The fourth-order valence-corrected chi connectivity index (χ4v) is 0.572. The van der Waals surface area contributed by atoms with Crippen molar-refractivity contribution in [2.45, 2.75) is 0 Å². The van der Waals surface area contributed by atoms with Crippen molar-refractivity contribution in [3.8, 4) is 0 Å². The first-order chi connectivity index (χ1) is 4.86. The summed E-state index contributed by atoms with van der Waals surface area (Å²) in [7, 11) is 1.46. The molecule has 0 aromatic carbocycles. The van der Waals surface area contributed by atoms with E-state index >= 15 is 0 Å². The number of hydrogen-bond donors (Lipinski definition) is 1. The van der Waals surface area contributed by atoms with Gasteiger partial charge in [-0.05, 0) is 6.07 Å². The van der Waals surface area contributed by atoms with Crippen LogP contribution in [0, 0.1) is 0 Å². The summed E-state index contributed by atoms with van der Waals surface area (Å²) in [5, 5.41) is 0. The second-order valence-electron chi connectivity index (χ2n) is 1.63. The van der Waals surface area contributed by atoms with Gasteiger partial charge in [-0.3, -0.25) is 9.63 Å². The van der Waals surface area contributed by atoms with Crippen molar-refractivity contribution in [2.75, 3.05) is 12.6 Å². The van der Waals surface area contributed by atoms with E-state index in [1.54, 1.807) is 12.1 Å². The van der Waals surface area contributed by atoms with Crippen LogP contribution in [0.2, 0.25) is 0 Å². The van der Waals surface area contributed by atoms with Crippen LogP contribution in [0.25, 0.3) is 0 Å². The molecule has 1 N–H and O–H groups in total. The van der Waals surface area contributed by atoms with Gasteiger partial charge in [0.15, 0.2) is 12.0 Å². The molecular formula is C6H7NO3. The number of carbonyl (C=O) groups is 1. The predicted molar refractivity (Wildman–Crippen MR) is 34.7 cm³/mol. The van der Waals surface area contributed by atoms with E-state index in [-0.39, 0.29) is 5.76 Å². The van der Waals surface area contributed by atoms with Crippen molar-refractivity contribution in [1.82, 2.24) is 0 Å². The quantitative estimate of drug-likeness (QED) is 0.505. The highest BCUT2D eigenvalue weighted by Crippen LogP contribution is 2.10. The molecule has 54 valence electrons. The van der Waals surface area contributed by atoms with Gasteiger partial charge in [0.25, 0.3) is 0 Å². The van der Waals surface area contributed by atoms with Gasteiger partial charge in [0.05, 0.1) is 7.11 Å². The van der Waals surface area contributed by atoms with E-state index in [1.165, 1.54) is 7.11 Å². The third kappa shape index (κ3) is 1.35. The molecule has 4 heteroatoms. The summed E-state index contributed by atoms with van der Waals surface area (Å²) < 4.78 is 4.87. The summed E-state index contributed by atoms with van der Waals surface area (Å²) in [5.74, 6) is 0.698. The summed E-state index contributed by atoms with van der Waals surface area (Å²) >= 11 is 0. The van der Waals surface area contributed by atoms with Crippen LogP contribution in [0.4, 0.5) is 5.88 Å². The lowest BCUT2D eigenvalue weighted by molar-refractivity contribution is 0.110. The van der Waals surface area contributed by atoms with Gasteiger partial charge < -0.3 is 4.42 Å². The molecule has 0 saturated carbocycles. The zero-order valence-electron chi connectivity index (χ0n) is 5.46. The number of aldehydes is 1. The van der Waals surface area contributed by atoms with Gasteiger partial charge in [0, 0.05) is 6.07 Å². The van der Waals surface area contributed by atoms with Crippen molar-refractivity contribution in [3.63, 3.8) is 0 Å². The molecule has 1 heterocycles. The van der Waals surface area contributed by atoms with Crippen molar-refractivity contribution in [3.05, 3.63) is 17.9 Å². The highest BCUT2D eigenvalue weighted by molar-refractivity contribution is 5.71. The number of furan rings is 1. The molecule has 10 heavy (non-hydrogen) atoms. The van der Waals surface area contributed by atoms with Crippen LogP contribution in [0.1, 0.15) is 10.6 Å². The first kappa shape index (κ1) is 6.82. The Morgan fingerprint density at radius 1 is 1.70 bits per heavy atom. The summed E-state index contributed by atoms with van der Waals surface area (Å²) in [5.41, 5.74) is 2.44. The van der Waals surface area contributed by atoms with Crippen molar-refractivity contribution < 1.29 is 14.0 Å². The van der Waals surface area contributed by atoms with Crippen molar-refractivity contribution >= 4 is 12.2 Å². The van der Waals surface area contributed by atoms with E-state index in [2.05, 4.69) is 10.3 Å². The zero-order valence-corrected chi connectivity index (χ0v) is 5.46. The number of hydrogen-bond acceptors (Lipinski definition) is 4. The predicted octanol–water partition coefficient (Wildman–Crippen LogP) is 1.07. The molecule has 0 aliphatic heterocycles.